The molecule has 0 saturated carbocycles. The maximum absolute atomic E-state index is 13.5. The lowest BCUT2D eigenvalue weighted by atomic mass is 9.90. The summed E-state index contributed by atoms with van der Waals surface area (Å²) in [5.41, 5.74) is 7.73. The number of likely N-dealkylation sites (tertiary alicyclic amines) is 1. The molecule has 0 bridgehead atoms. The molecule has 10 heteroatoms. The van der Waals surface area contributed by atoms with Crippen LogP contribution in [0.3, 0.4) is 0 Å². The van der Waals surface area contributed by atoms with Crippen molar-refractivity contribution in [3.63, 3.8) is 0 Å². The number of fused-ring (bicyclic) bond motifs is 1. The summed E-state index contributed by atoms with van der Waals surface area (Å²) in [6.07, 6.45) is 4.74. The zero-order chi connectivity index (χ0) is 25.4. The highest BCUT2D eigenvalue weighted by atomic mass is 19.1. The van der Waals surface area contributed by atoms with Gasteiger partial charge in [-0.1, -0.05) is 6.58 Å². The Labute approximate surface area is 204 Å². The molecule has 36 heavy (non-hydrogen) atoms. The number of hydrogen-bond donors (Lipinski definition) is 2. The highest BCUT2D eigenvalue weighted by Gasteiger charge is 2.28. The molecule has 5 rings (SSSR count). The molecular weight excluding hydrogens is 468 g/mol. The summed E-state index contributed by atoms with van der Waals surface area (Å²) in [4.78, 5) is 26.8. The third kappa shape index (κ3) is 4.33. The minimum Gasteiger partial charge on any atom is -0.457 e. The number of rotatable bonds is 5. The van der Waals surface area contributed by atoms with Crippen LogP contribution in [0.2, 0.25) is 0 Å². The molecule has 4 aromatic rings. The normalized spacial score (nSPS) is 15.7. The van der Waals surface area contributed by atoms with Crippen LogP contribution in [0.5, 0.6) is 11.5 Å². The van der Waals surface area contributed by atoms with Crippen molar-refractivity contribution < 1.29 is 18.3 Å². The molecule has 0 aliphatic carbocycles. The number of nitrogens with zero attached hydrogens (tertiary/aromatic N) is 3. The molecule has 8 nitrogen and oxygen atoms in total. The standard InChI is InChI=1S/C26H23F2N5O3/c1-2-22(34)32-9-3-4-15(13-32)21-14-33(24-23(21)26(35)31-30-25(24)29)18-5-7-19(8-6-18)36-20-11-16(27)10-17(28)12-20/h2,5-8,10-12,14-15H,1,3-4,9,13H2,(H2,29,30)(H,31,35). The Balaban J connectivity index is 1.53. The van der Waals surface area contributed by atoms with Gasteiger partial charge in [0, 0.05) is 49.1 Å². The van der Waals surface area contributed by atoms with Crippen molar-refractivity contribution >= 4 is 22.6 Å². The molecule has 2 aromatic carbocycles. The number of anilines is 1. The van der Waals surface area contributed by atoms with Gasteiger partial charge in [-0.15, -0.1) is 0 Å². The summed E-state index contributed by atoms with van der Waals surface area (Å²) in [5.74, 6) is -1.14. The highest BCUT2D eigenvalue weighted by Crippen LogP contribution is 2.35. The fourth-order valence-electron chi connectivity index (χ4n) is 4.71. The van der Waals surface area contributed by atoms with Crippen LogP contribution in [-0.4, -0.2) is 38.7 Å². The quantitative estimate of drug-likeness (QED) is 0.406. The molecule has 0 spiro atoms. The van der Waals surface area contributed by atoms with Crippen molar-refractivity contribution in [3.05, 3.63) is 88.9 Å². The number of carbonyl (C=O) groups is 1. The van der Waals surface area contributed by atoms with Crippen molar-refractivity contribution in [2.75, 3.05) is 18.8 Å². The SMILES string of the molecule is C=CC(=O)N1CCCC(c2cn(-c3ccc(Oc4cc(F)cc(F)c4)cc3)c3c(N)n[nH]c(=O)c23)C1. The monoisotopic (exact) mass is 491 g/mol. The van der Waals surface area contributed by atoms with Crippen molar-refractivity contribution in [2.24, 2.45) is 0 Å². The van der Waals surface area contributed by atoms with Crippen molar-refractivity contribution in [3.8, 4) is 17.2 Å². The Morgan fingerprint density at radius 3 is 2.58 bits per heavy atom. The van der Waals surface area contributed by atoms with E-state index in [2.05, 4.69) is 16.8 Å². The predicted molar refractivity (Wildman–Crippen MR) is 131 cm³/mol. The Hall–Kier alpha value is -4.47. The zero-order valence-corrected chi connectivity index (χ0v) is 19.2. The number of hydrogen-bond acceptors (Lipinski definition) is 5. The van der Waals surface area contributed by atoms with E-state index in [0.29, 0.717) is 35.4 Å². The second-order valence-electron chi connectivity index (χ2n) is 8.64. The fourth-order valence-corrected chi connectivity index (χ4v) is 4.71. The highest BCUT2D eigenvalue weighted by molar-refractivity contribution is 5.92. The fraction of sp³-hybridized carbons (Fsp3) is 0.192. The molecule has 3 N–H and O–H groups in total. The number of aromatic amines is 1. The Bertz CT molecular complexity index is 1510. The van der Waals surface area contributed by atoms with E-state index in [-0.39, 0.29) is 29.0 Å². The number of ether oxygens (including phenoxy) is 1. The number of carbonyl (C=O) groups excluding carboxylic acids is 1. The first kappa shape index (κ1) is 23.3. The van der Waals surface area contributed by atoms with Crippen LogP contribution in [0.25, 0.3) is 16.6 Å². The molecule has 2 aromatic heterocycles. The van der Waals surface area contributed by atoms with Gasteiger partial charge in [-0.25, -0.2) is 13.9 Å². The summed E-state index contributed by atoms with van der Waals surface area (Å²) in [6, 6.07) is 9.71. The predicted octanol–water partition coefficient (Wildman–Crippen LogP) is 4.26. The Morgan fingerprint density at radius 2 is 1.89 bits per heavy atom. The number of nitrogens with two attached hydrogens (primary N) is 1. The van der Waals surface area contributed by atoms with Crippen LogP contribution in [0, 0.1) is 11.6 Å². The van der Waals surface area contributed by atoms with Crippen molar-refractivity contribution in [2.45, 2.75) is 18.8 Å². The molecule has 0 radical (unpaired) electrons. The van der Waals surface area contributed by atoms with Crippen LogP contribution >= 0.6 is 0 Å². The van der Waals surface area contributed by atoms with Crippen LogP contribution in [0.4, 0.5) is 14.6 Å². The van der Waals surface area contributed by atoms with Gasteiger partial charge in [0.15, 0.2) is 5.82 Å². The summed E-state index contributed by atoms with van der Waals surface area (Å²) in [5, 5.41) is 6.83. The summed E-state index contributed by atoms with van der Waals surface area (Å²) in [6.45, 7) is 4.67. The van der Waals surface area contributed by atoms with E-state index >= 15 is 0 Å². The summed E-state index contributed by atoms with van der Waals surface area (Å²) < 4.78 is 34.3. The third-order valence-corrected chi connectivity index (χ3v) is 6.32. The van der Waals surface area contributed by atoms with Gasteiger partial charge in [-0.05, 0) is 48.7 Å². The number of amides is 1. The smallest absolute Gasteiger partial charge is 0.274 e. The van der Waals surface area contributed by atoms with E-state index in [9.17, 15) is 18.4 Å². The molecule has 3 heterocycles. The number of halogens is 2. The largest absolute Gasteiger partial charge is 0.457 e. The summed E-state index contributed by atoms with van der Waals surface area (Å²) in [7, 11) is 0. The first-order valence-electron chi connectivity index (χ1n) is 11.4. The molecule has 1 atom stereocenters. The number of aromatic nitrogens is 3. The lowest BCUT2D eigenvalue weighted by Gasteiger charge is -2.32. The molecular formula is C26H23F2N5O3. The zero-order valence-electron chi connectivity index (χ0n) is 19.2. The molecule has 1 saturated heterocycles. The van der Waals surface area contributed by atoms with Gasteiger partial charge < -0.3 is 19.9 Å². The maximum atomic E-state index is 13.5. The lowest BCUT2D eigenvalue weighted by Crippen LogP contribution is -2.38. The van der Waals surface area contributed by atoms with Gasteiger partial charge in [-0.3, -0.25) is 9.59 Å². The van der Waals surface area contributed by atoms with E-state index in [1.807, 2.05) is 6.20 Å². The lowest BCUT2D eigenvalue weighted by molar-refractivity contribution is -0.127. The number of piperidine rings is 1. The molecule has 1 amide bonds. The first-order chi connectivity index (χ1) is 17.3. The van der Waals surface area contributed by atoms with Crippen molar-refractivity contribution in [1.29, 1.82) is 0 Å². The van der Waals surface area contributed by atoms with Crippen LogP contribution in [0.1, 0.15) is 24.3 Å². The second-order valence-corrected chi connectivity index (χ2v) is 8.64. The van der Waals surface area contributed by atoms with Gasteiger partial charge in [0.1, 0.15) is 28.7 Å². The number of nitrogen functional groups attached to an aromatic ring is 1. The molecule has 1 aliphatic rings. The minimum absolute atomic E-state index is 0.0323. The van der Waals surface area contributed by atoms with Gasteiger partial charge in [0.05, 0.1) is 5.39 Å². The van der Waals surface area contributed by atoms with E-state index in [0.717, 1.165) is 36.6 Å². The van der Waals surface area contributed by atoms with E-state index in [4.69, 9.17) is 10.5 Å². The Morgan fingerprint density at radius 1 is 1.17 bits per heavy atom. The van der Waals surface area contributed by atoms with Crippen LogP contribution in [0.15, 0.2) is 66.1 Å². The van der Waals surface area contributed by atoms with Gasteiger partial charge in [0.25, 0.3) is 5.56 Å². The molecule has 1 unspecified atom stereocenters. The maximum Gasteiger partial charge on any atom is 0.274 e. The third-order valence-electron chi connectivity index (χ3n) is 6.32. The van der Waals surface area contributed by atoms with Crippen LogP contribution < -0.4 is 16.0 Å². The molecule has 1 fully saturated rings. The topological polar surface area (TPSA) is 106 Å². The summed E-state index contributed by atoms with van der Waals surface area (Å²) >= 11 is 0. The average molecular weight is 491 g/mol. The first-order valence-corrected chi connectivity index (χ1v) is 11.4. The minimum atomic E-state index is -0.739. The number of nitrogens with one attached hydrogen (secondary N) is 1. The molecule has 184 valence electrons. The van der Waals surface area contributed by atoms with E-state index in [1.165, 1.54) is 6.08 Å². The molecule has 1 aliphatic heterocycles. The van der Waals surface area contributed by atoms with E-state index < -0.39 is 11.6 Å². The van der Waals surface area contributed by atoms with Gasteiger partial charge in [-0.2, -0.15) is 5.10 Å². The Kier molecular flexibility index (Phi) is 6.01. The average Bonchev–Trinajstić information content (AvgIpc) is 3.28. The van der Waals surface area contributed by atoms with Gasteiger partial charge in [0.2, 0.25) is 5.91 Å². The second kappa shape index (κ2) is 9.29. The van der Waals surface area contributed by atoms with E-state index in [1.54, 1.807) is 33.7 Å². The van der Waals surface area contributed by atoms with Gasteiger partial charge >= 0.3 is 0 Å². The van der Waals surface area contributed by atoms with Crippen molar-refractivity contribution in [1.82, 2.24) is 19.7 Å². The van der Waals surface area contributed by atoms with Crippen LogP contribution in [-0.2, 0) is 4.79 Å². The number of benzene rings is 2. The number of H-pyrrole nitrogens is 1.